The normalized spacial score (nSPS) is 18.4. The van der Waals surface area contributed by atoms with Gasteiger partial charge in [0.25, 0.3) is 5.91 Å². The van der Waals surface area contributed by atoms with E-state index in [0.717, 1.165) is 24.2 Å². The Morgan fingerprint density at radius 1 is 1.07 bits per heavy atom. The Labute approximate surface area is 175 Å². The molecule has 0 aromatic heterocycles. The molecule has 3 rings (SSSR count). The predicted molar refractivity (Wildman–Crippen MR) is 112 cm³/mol. The molecule has 158 valence electrons. The third-order valence-electron chi connectivity index (χ3n) is 5.40. The van der Waals surface area contributed by atoms with Crippen LogP contribution in [-0.2, 0) is 21.5 Å². The summed E-state index contributed by atoms with van der Waals surface area (Å²) in [6.07, 6.45) is 3.48. The molecule has 0 radical (unpaired) electrons. The van der Waals surface area contributed by atoms with Crippen LogP contribution in [0.15, 0.2) is 48.5 Å². The van der Waals surface area contributed by atoms with Crippen molar-refractivity contribution in [2.75, 3.05) is 11.9 Å². The summed E-state index contributed by atoms with van der Waals surface area (Å²) in [7, 11) is 0. The molecule has 1 atom stereocenters. The van der Waals surface area contributed by atoms with Gasteiger partial charge in [-0.3, -0.25) is 14.5 Å². The molecule has 0 bridgehead atoms. The highest BCUT2D eigenvalue weighted by molar-refractivity contribution is 6.10. The SMILES string of the molecule is CCCCc1ccc(NC(=O)CN2C(=O)NC(CC)(c3ccc(F)cc3)C2=O)cc1. The van der Waals surface area contributed by atoms with Gasteiger partial charge in [-0.1, -0.05) is 44.5 Å². The lowest BCUT2D eigenvalue weighted by Gasteiger charge is -2.25. The number of urea groups is 1. The largest absolute Gasteiger partial charge is 0.325 e. The molecular formula is C23H26FN3O3. The van der Waals surface area contributed by atoms with E-state index in [4.69, 9.17) is 0 Å². The first-order valence-corrected chi connectivity index (χ1v) is 10.2. The number of anilines is 1. The standard InChI is InChI=1S/C23H26FN3O3/c1-3-5-6-16-7-13-19(14-8-16)25-20(28)15-27-21(29)23(4-2,26-22(27)30)17-9-11-18(24)12-10-17/h7-14H,3-6,15H2,1-2H3,(H,25,28)(H,26,30). The van der Waals surface area contributed by atoms with Crippen molar-refractivity contribution in [3.8, 4) is 0 Å². The van der Waals surface area contributed by atoms with Gasteiger partial charge in [-0.25, -0.2) is 9.18 Å². The number of halogens is 1. The number of nitrogens with one attached hydrogen (secondary N) is 2. The number of aryl methyl sites for hydroxylation is 1. The number of amides is 4. The van der Waals surface area contributed by atoms with Crippen LogP contribution in [-0.4, -0.2) is 29.3 Å². The van der Waals surface area contributed by atoms with Gasteiger partial charge in [0.15, 0.2) is 0 Å². The number of hydrogen-bond acceptors (Lipinski definition) is 3. The van der Waals surface area contributed by atoms with E-state index >= 15 is 0 Å². The minimum Gasteiger partial charge on any atom is -0.325 e. The third kappa shape index (κ3) is 4.35. The van der Waals surface area contributed by atoms with Crippen LogP contribution >= 0.6 is 0 Å². The Kier molecular flexibility index (Phi) is 6.50. The highest BCUT2D eigenvalue weighted by Gasteiger charge is 2.51. The molecule has 4 amide bonds. The summed E-state index contributed by atoms with van der Waals surface area (Å²) < 4.78 is 13.3. The van der Waals surface area contributed by atoms with Crippen LogP contribution in [0.25, 0.3) is 0 Å². The van der Waals surface area contributed by atoms with Crippen molar-refractivity contribution in [1.82, 2.24) is 10.2 Å². The molecule has 1 aliphatic rings. The van der Waals surface area contributed by atoms with Gasteiger partial charge in [0, 0.05) is 5.69 Å². The van der Waals surface area contributed by atoms with Crippen molar-refractivity contribution >= 4 is 23.5 Å². The Morgan fingerprint density at radius 3 is 2.33 bits per heavy atom. The molecule has 1 unspecified atom stereocenters. The average molecular weight is 411 g/mol. The highest BCUT2D eigenvalue weighted by atomic mass is 19.1. The smallest absolute Gasteiger partial charge is 0.325 e. The summed E-state index contributed by atoms with van der Waals surface area (Å²) in [4.78, 5) is 38.9. The molecule has 1 aliphatic heterocycles. The highest BCUT2D eigenvalue weighted by Crippen LogP contribution is 2.32. The van der Waals surface area contributed by atoms with Crippen LogP contribution in [0.2, 0.25) is 0 Å². The first kappa shape index (κ1) is 21.5. The number of unbranched alkanes of at least 4 members (excludes halogenated alkanes) is 1. The maximum absolute atomic E-state index is 13.3. The molecule has 1 saturated heterocycles. The van der Waals surface area contributed by atoms with Crippen molar-refractivity contribution in [1.29, 1.82) is 0 Å². The fourth-order valence-corrected chi connectivity index (χ4v) is 3.62. The zero-order chi connectivity index (χ0) is 21.7. The molecule has 1 fully saturated rings. The van der Waals surface area contributed by atoms with E-state index in [0.29, 0.717) is 11.3 Å². The fourth-order valence-electron chi connectivity index (χ4n) is 3.62. The first-order valence-electron chi connectivity index (χ1n) is 10.2. The maximum atomic E-state index is 13.3. The number of nitrogens with zero attached hydrogens (tertiary/aromatic N) is 1. The van der Waals surface area contributed by atoms with E-state index in [-0.39, 0.29) is 6.42 Å². The van der Waals surface area contributed by atoms with Gasteiger partial charge in [0.2, 0.25) is 5.91 Å². The minimum absolute atomic E-state index is 0.278. The summed E-state index contributed by atoms with van der Waals surface area (Å²) in [6, 6.07) is 12.3. The molecule has 2 aromatic carbocycles. The van der Waals surface area contributed by atoms with Gasteiger partial charge in [-0.2, -0.15) is 0 Å². The third-order valence-corrected chi connectivity index (χ3v) is 5.40. The Hall–Kier alpha value is -3.22. The minimum atomic E-state index is -1.30. The predicted octanol–water partition coefficient (Wildman–Crippen LogP) is 3.96. The first-order chi connectivity index (χ1) is 14.4. The van der Waals surface area contributed by atoms with Crippen molar-refractivity contribution in [3.63, 3.8) is 0 Å². The molecule has 7 heteroatoms. The van der Waals surface area contributed by atoms with Crippen molar-refractivity contribution in [3.05, 3.63) is 65.5 Å². The number of imide groups is 1. The van der Waals surface area contributed by atoms with E-state index in [1.165, 1.54) is 29.8 Å². The van der Waals surface area contributed by atoms with Gasteiger partial charge < -0.3 is 10.6 Å². The van der Waals surface area contributed by atoms with E-state index in [1.54, 1.807) is 6.92 Å². The summed E-state index contributed by atoms with van der Waals surface area (Å²) in [5, 5.41) is 5.41. The Morgan fingerprint density at radius 2 is 1.73 bits per heavy atom. The topological polar surface area (TPSA) is 78.5 Å². The molecule has 30 heavy (non-hydrogen) atoms. The van der Waals surface area contributed by atoms with Crippen molar-refractivity contribution < 1.29 is 18.8 Å². The number of carbonyl (C=O) groups excluding carboxylic acids is 3. The summed E-state index contributed by atoms with van der Waals surface area (Å²) in [5.41, 5.74) is 0.977. The van der Waals surface area contributed by atoms with E-state index < -0.39 is 35.7 Å². The zero-order valence-corrected chi connectivity index (χ0v) is 17.2. The summed E-state index contributed by atoms with van der Waals surface area (Å²) in [6.45, 7) is 3.49. The van der Waals surface area contributed by atoms with E-state index in [9.17, 15) is 18.8 Å². The number of benzene rings is 2. The van der Waals surface area contributed by atoms with Crippen LogP contribution < -0.4 is 10.6 Å². The molecule has 2 aromatic rings. The maximum Gasteiger partial charge on any atom is 0.325 e. The second-order valence-corrected chi connectivity index (χ2v) is 7.44. The van der Waals surface area contributed by atoms with Gasteiger partial charge in [0.1, 0.15) is 17.9 Å². The fraction of sp³-hybridized carbons (Fsp3) is 0.348. The number of hydrogen-bond donors (Lipinski definition) is 2. The zero-order valence-electron chi connectivity index (χ0n) is 17.2. The van der Waals surface area contributed by atoms with Gasteiger partial charge in [-0.15, -0.1) is 0 Å². The van der Waals surface area contributed by atoms with Crippen LogP contribution in [0.3, 0.4) is 0 Å². The van der Waals surface area contributed by atoms with E-state index in [2.05, 4.69) is 17.6 Å². The molecule has 2 N–H and O–H groups in total. The molecule has 6 nitrogen and oxygen atoms in total. The Balaban J connectivity index is 1.68. The second kappa shape index (κ2) is 9.07. The van der Waals surface area contributed by atoms with Crippen molar-refractivity contribution in [2.24, 2.45) is 0 Å². The monoisotopic (exact) mass is 411 g/mol. The lowest BCUT2D eigenvalue weighted by atomic mass is 9.87. The lowest BCUT2D eigenvalue weighted by Crippen LogP contribution is -2.44. The quantitative estimate of drug-likeness (QED) is 0.646. The molecule has 0 saturated carbocycles. The number of carbonyl (C=O) groups is 3. The van der Waals surface area contributed by atoms with Crippen LogP contribution in [0.4, 0.5) is 14.9 Å². The molecule has 0 spiro atoms. The summed E-state index contributed by atoms with van der Waals surface area (Å²) in [5.74, 6) is -1.42. The van der Waals surface area contributed by atoms with Gasteiger partial charge in [-0.05, 0) is 54.7 Å². The lowest BCUT2D eigenvalue weighted by molar-refractivity contribution is -0.134. The molecule has 0 aliphatic carbocycles. The molecular weight excluding hydrogens is 385 g/mol. The number of rotatable bonds is 8. The Bertz CT molecular complexity index is 928. The molecule has 1 heterocycles. The van der Waals surface area contributed by atoms with Crippen LogP contribution in [0, 0.1) is 5.82 Å². The van der Waals surface area contributed by atoms with Crippen LogP contribution in [0.1, 0.15) is 44.2 Å². The summed E-state index contributed by atoms with van der Waals surface area (Å²) >= 11 is 0. The van der Waals surface area contributed by atoms with E-state index in [1.807, 2.05) is 24.3 Å². The van der Waals surface area contributed by atoms with Gasteiger partial charge in [0.05, 0.1) is 0 Å². The average Bonchev–Trinajstić information content (AvgIpc) is 2.99. The van der Waals surface area contributed by atoms with Gasteiger partial charge >= 0.3 is 6.03 Å². The van der Waals surface area contributed by atoms with Crippen LogP contribution in [0.5, 0.6) is 0 Å². The second-order valence-electron chi connectivity index (χ2n) is 7.44. The van der Waals surface area contributed by atoms with Crippen molar-refractivity contribution in [2.45, 2.75) is 45.1 Å².